The van der Waals surface area contributed by atoms with Crippen LogP contribution in [0.25, 0.3) is 11.0 Å². The van der Waals surface area contributed by atoms with Crippen LogP contribution in [0.1, 0.15) is 36.3 Å². The zero-order valence-electron chi connectivity index (χ0n) is 13.3. The number of hydrogen-bond acceptors (Lipinski definition) is 4. The molecule has 0 saturated carbocycles. The molecule has 1 fully saturated rings. The highest BCUT2D eigenvalue weighted by Crippen LogP contribution is 2.36. The van der Waals surface area contributed by atoms with Crippen LogP contribution in [0.3, 0.4) is 0 Å². The molecule has 1 N–H and O–H groups in total. The van der Waals surface area contributed by atoms with Crippen LogP contribution < -0.4 is 0 Å². The van der Waals surface area contributed by atoms with Gasteiger partial charge in [-0.05, 0) is 43.0 Å². The largest absolute Gasteiger partial charge is 0.386 e. The average Bonchev–Trinajstić information content (AvgIpc) is 3.23. The summed E-state index contributed by atoms with van der Waals surface area (Å²) in [6, 6.07) is 6.75. The van der Waals surface area contributed by atoms with Gasteiger partial charge >= 0.3 is 0 Å². The number of benzene rings is 1. The van der Waals surface area contributed by atoms with Crippen molar-refractivity contribution in [2.24, 2.45) is 0 Å². The first-order chi connectivity index (χ1) is 11.6. The lowest BCUT2D eigenvalue weighted by molar-refractivity contribution is -0.0591. The molecule has 24 heavy (non-hydrogen) atoms. The van der Waals surface area contributed by atoms with Crippen LogP contribution in [0.4, 0.5) is 4.39 Å². The highest BCUT2D eigenvalue weighted by molar-refractivity contribution is 5.74. The topological polar surface area (TPSA) is 60.2 Å². The molecule has 5 nitrogen and oxygen atoms in total. The number of aliphatic hydroxyl groups is 1. The van der Waals surface area contributed by atoms with E-state index >= 15 is 0 Å². The first-order valence-electron chi connectivity index (χ1n) is 7.99. The standard InChI is InChI=1S/C18H18FN3O2/c1-11-2-3-12(8-14(11)19)17(23)15-4-5-16(24-15)22-7-6-13-9-20-10-21-18(13)22/h2-3,6-10,15-17,23H,4-5H2,1H3. The third-order valence-electron chi connectivity index (χ3n) is 4.61. The molecule has 0 aliphatic carbocycles. The molecule has 1 saturated heterocycles. The molecule has 1 aliphatic heterocycles. The average molecular weight is 327 g/mol. The second-order valence-corrected chi connectivity index (χ2v) is 6.18. The van der Waals surface area contributed by atoms with Gasteiger partial charge in [0.1, 0.15) is 30.1 Å². The summed E-state index contributed by atoms with van der Waals surface area (Å²) in [7, 11) is 0. The molecule has 3 unspecified atom stereocenters. The zero-order chi connectivity index (χ0) is 16.7. The van der Waals surface area contributed by atoms with Gasteiger partial charge in [-0.15, -0.1) is 0 Å². The van der Waals surface area contributed by atoms with Crippen molar-refractivity contribution in [1.29, 1.82) is 0 Å². The highest BCUT2D eigenvalue weighted by atomic mass is 19.1. The Balaban J connectivity index is 1.54. The Bertz CT molecular complexity index is 880. The number of rotatable bonds is 3. The van der Waals surface area contributed by atoms with Gasteiger partial charge in [-0.1, -0.05) is 12.1 Å². The summed E-state index contributed by atoms with van der Waals surface area (Å²) in [6.07, 6.45) is 5.26. The number of hydrogen-bond donors (Lipinski definition) is 1. The van der Waals surface area contributed by atoms with E-state index in [1.54, 1.807) is 25.3 Å². The minimum absolute atomic E-state index is 0.188. The van der Waals surface area contributed by atoms with Crippen LogP contribution >= 0.6 is 0 Å². The van der Waals surface area contributed by atoms with Gasteiger partial charge in [-0.3, -0.25) is 0 Å². The van der Waals surface area contributed by atoms with E-state index in [1.807, 2.05) is 16.8 Å². The number of aryl methyl sites for hydroxylation is 1. The molecule has 3 atom stereocenters. The summed E-state index contributed by atoms with van der Waals surface area (Å²) in [6.45, 7) is 1.70. The van der Waals surface area contributed by atoms with Crippen LogP contribution in [0.15, 0.2) is 43.0 Å². The normalized spacial score (nSPS) is 22.1. The van der Waals surface area contributed by atoms with E-state index in [1.165, 1.54) is 12.4 Å². The fourth-order valence-electron chi connectivity index (χ4n) is 3.22. The van der Waals surface area contributed by atoms with Gasteiger partial charge in [0, 0.05) is 17.8 Å². The maximum atomic E-state index is 13.7. The molecule has 0 amide bonds. The van der Waals surface area contributed by atoms with Crippen LogP contribution in [0.5, 0.6) is 0 Å². The van der Waals surface area contributed by atoms with E-state index in [0.717, 1.165) is 17.5 Å². The Hall–Kier alpha value is -2.31. The molecule has 2 aromatic heterocycles. The highest BCUT2D eigenvalue weighted by Gasteiger charge is 2.33. The second-order valence-electron chi connectivity index (χ2n) is 6.18. The number of halogens is 1. The summed E-state index contributed by atoms with van der Waals surface area (Å²) >= 11 is 0. The maximum absolute atomic E-state index is 13.7. The monoisotopic (exact) mass is 327 g/mol. The first kappa shape index (κ1) is 15.2. The van der Waals surface area contributed by atoms with Gasteiger partial charge in [0.05, 0.1) is 6.10 Å². The number of nitrogens with zero attached hydrogens (tertiary/aromatic N) is 3. The lowest BCUT2D eigenvalue weighted by Crippen LogP contribution is -2.19. The Morgan fingerprint density at radius 3 is 3.04 bits per heavy atom. The molecule has 124 valence electrons. The Morgan fingerprint density at radius 1 is 1.33 bits per heavy atom. The summed E-state index contributed by atoms with van der Waals surface area (Å²) in [5.74, 6) is -0.311. The number of aliphatic hydroxyl groups excluding tert-OH is 1. The smallest absolute Gasteiger partial charge is 0.145 e. The van der Waals surface area contributed by atoms with E-state index in [2.05, 4.69) is 9.97 Å². The number of ether oxygens (including phenoxy) is 1. The minimum Gasteiger partial charge on any atom is -0.386 e. The van der Waals surface area contributed by atoms with Crippen molar-refractivity contribution in [3.8, 4) is 0 Å². The summed E-state index contributed by atoms with van der Waals surface area (Å²) in [5, 5.41) is 11.5. The van der Waals surface area contributed by atoms with Gasteiger partial charge in [-0.25, -0.2) is 14.4 Å². The fraction of sp³-hybridized carbons (Fsp3) is 0.333. The minimum atomic E-state index is -0.846. The zero-order valence-corrected chi connectivity index (χ0v) is 13.3. The van der Waals surface area contributed by atoms with Crippen LogP contribution in [-0.2, 0) is 4.74 Å². The lowest BCUT2D eigenvalue weighted by atomic mass is 10.0. The van der Waals surface area contributed by atoms with Crippen LogP contribution in [-0.4, -0.2) is 25.7 Å². The van der Waals surface area contributed by atoms with E-state index in [4.69, 9.17) is 4.74 Å². The van der Waals surface area contributed by atoms with Crippen molar-refractivity contribution in [3.63, 3.8) is 0 Å². The Morgan fingerprint density at radius 2 is 2.21 bits per heavy atom. The van der Waals surface area contributed by atoms with E-state index in [0.29, 0.717) is 17.5 Å². The Labute approximate surface area is 138 Å². The summed E-state index contributed by atoms with van der Waals surface area (Å²) < 4.78 is 21.7. The van der Waals surface area contributed by atoms with Gasteiger partial charge < -0.3 is 14.4 Å². The molecule has 0 spiro atoms. The third kappa shape index (κ3) is 2.57. The molecule has 6 heteroatoms. The quantitative estimate of drug-likeness (QED) is 0.802. The van der Waals surface area contributed by atoms with Crippen molar-refractivity contribution < 1.29 is 14.2 Å². The van der Waals surface area contributed by atoms with Gasteiger partial charge in [0.2, 0.25) is 0 Å². The van der Waals surface area contributed by atoms with Crippen molar-refractivity contribution >= 4 is 11.0 Å². The molecule has 3 aromatic rings. The SMILES string of the molecule is Cc1ccc(C(O)C2CCC(n3ccc4cncnc43)O2)cc1F. The predicted octanol–water partition coefficient (Wildman–Crippen LogP) is 3.29. The maximum Gasteiger partial charge on any atom is 0.145 e. The van der Waals surface area contributed by atoms with Crippen LogP contribution in [0, 0.1) is 12.7 Å². The molecular formula is C18H18FN3O2. The molecule has 0 bridgehead atoms. The van der Waals surface area contributed by atoms with E-state index in [-0.39, 0.29) is 18.1 Å². The summed E-state index contributed by atoms with van der Waals surface area (Å²) in [4.78, 5) is 8.31. The summed E-state index contributed by atoms with van der Waals surface area (Å²) in [5.41, 5.74) is 1.92. The second kappa shape index (κ2) is 5.96. The van der Waals surface area contributed by atoms with Gasteiger partial charge in [0.25, 0.3) is 0 Å². The lowest BCUT2D eigenvalue weighted by Gasteiger charge is -2.20. The Kier molecular flexibility index (Phi) is 3.78. The van der Waals surface area contributed by atoms with Crippen molar-refractivity contribution in [2.45, 2.75) is 38.2 Å². The molecule has 3 heterocycles. The fourth-order valence-corrected chi connectivity index (χ4v) is 3.22. The van der Waals surface area contributed by atoms with E-state index < -0.39 is 6.10 Å². The first-order valence-corrected chi connectivity index (χ1v) is 7.99. The van der Waals surface area contributed by atoms with Gasteiger partial charge in [0.15, 0.2) is 0 Å². The van der Waals surface area contributed by atoms with Gasteiger partial charge in [-0.2, -0.15) is 0 Å². The predicted molar refractivity (Wildman–Crippen MR) is 86.8 cm³/mol. The molecule has 1 aromatic carbocycles. The molecular weight excluding hydrogens is 309 g/mol. The van der Waals surface area contributed by atoms with Crippen molar-refractivity contribution in [2.75, 3.05) is 0 Å². The van der Waals surface area contributed by atoms with E-state index in [9.17, 15) is 9.50 Å². The van der Waals surface area contributed by atoms with Crippen molar-refractivity contribution in [3.05, 3.63) is 59.9 Å². The molecule has 0 radical (unpaired) electrons. The third-order valence-corrected chi connectivity index (χ3v) is 4.61. The van der Waals surface area contributed by atoms with Crippen LogP contribution in [0.2, 0.25) is 0 Å². The number of aromatic nitrogens is 3. The molecule has 4 rings (SSSR count). The molecule has 1 aliphatic rings. The van der Waals surface area contributed by atoms with Crippen molar-refractivity contribution in [1.82, 2.24) is 14.5 Å². The number of fused-ring (bicyclic) bond motifs is 1.